The molecule has 0 bridgehead atoms. The van der Waals surface area contributed by atoms with Gasteiger partial charge in [-0.05, 0) is 44.4 Å². The number of hydrogen-bond acceptors (Lipinski definition) is 2. The zero-order chi connectivity index (χ0) is 10.4. The lowest BCUT2D eigenvalue weighted by atomic mass is 10.0. The fraction of sp³-hybridized carbons (Fsp3) is 1.00. The molecule has 1 aliphatic heterocycles. The SMILES string of the molecule is CCCC(C)CNCC1(C)CCCS1. The monoisotopic (exact) mass is 215 g/mol. The molecule has 1 fully saturated rings. The van der Waals surface area contributed by atoms with E-state index in [9.17, 15) is 0 Å². The number of rotatable bonds is 6. The Morgan fingerprint density at radius 2 is 2.29 bits per heavy atom. The standard InChI is InChI=1S/C12H25NS/c1-4-6-11(2)9-13-10-12(3)7-5-8-14-12/h11,13H,4-10H2,1-3H3. The van der Waals surface area contributed by atoms with E-state index in [4.69, 9.17) is 0 Å². The van der Waals surface area contributed by atoms with Gasteiger partial charge in [-0.2, -0.15) is 11.8 Å². The van der Waals surface area contributed by atoms with Crippen LogP contribution in [0, 0.1) is 5.92 Å². The molecule has 0 radical (unpaired) electrons. The van der Waals surface area contributed by atoms with Crippen LogP contribution in [-0.2, 0) is 0 Å². The molecule has 0 amide bonds. The molecule has 14 heavy (non-hydrogen) atoms. The van der Waals surface area contributed by atoms with E-state index in [1.54, 1.807) is 0 Å². The van der Waals surface area contributed by atoms with Crippen molar-refractivity contribution in [1.82, 2.24) is 5.32 Å². The fourth-order valence-electron chi connectivity index (χ4n) is 2.15. The van der Waals surface area contributed by atoms with E-state index in [0.717, 1.165) is 5.92 Å². The van der Waals surface area contributed by atoms with E-state index < -0.39 is 0 Å². The summed E-state index contributed by atoms with van der Waals surface area (Å²) >= 11 is 2.15. The summed E-state index contributed by atoms with van der Waals surface area (Å²) in [6, 6.07) is 0. The van der Waals surface area contributed by atoms with Crippen LogP contribution in [-0.4, -0.2) is 23.6 Å². The molecule has 1 heterocycles. The Hall–Kier alpha value is 0.310. The van der Waals surface area contributed by atoms with Crippen molar-refractivity contribution in [3.8, 4) is 0 Å². The first-order valence-electron chi connectivity index (χ1n) is 6.01. The average molecular weight is 215 g/mol. The van der Waals surface area contributed by atoms with Crippen LogP contribution in [0.2, 0.25) is 0 Å². The van der Waals surface area contributed by atoms with Crippen molar-refractivity contribution in [2.24, 2.45) is 5.92 Å². The van der Waals surface area contributed by atoms with Gasteiger partial charge < -0.3 is 5.32 Å². The Balaban J connectivity index is 2.08. The Kier molecular flexibility index (Phi) is 5.32. The highest BCUT2D eigenvalue weighted by molar-refractivity contribution is 8.00. The third kappa shape index (κ3) is 4.22. The van der Waals surface area contributed by atoms with E-state index in [1.165, 1.54) is 44.5 Å². The van der Waals surface area contributed by atoms with Gasteiger partial charge in [-0.1, -0.05) is 20.3 Å². The molecule has 1 nitrogen and oxygen atoms in total. The van der Waals surface area contributed by atoms with Crippen molar-refractivity contribution >= 4 is 11.8 Å². The van der Waals surface area contributed by atoms with Gasteiger partial charge >= 0.3 is 0 Å². The van der Waals surface area contributed by atoms with E-state index in [1.807, 2.05) is 0 Å². The topological polar surface area (TPSA) is 12.0 Å². The second-order valence-electron chi connectivity index (χ2n) is 4.93. The van der Waals surface area contributed by atoms with Crippen molar-refractivity contribution in [1.29, 1.82) is 0 Å². The van der Waals surface area contributed by atoms with Crippen molar-refractivity contribution in [2.45, 2.75) is 51.2 Å². The second kappa shape index (κ2) is 6.02. The maximum absolute atomic E-state index is 3.63. The summed E-state index contributed by atoms with van der Waals surface area (Å²) in [5, 5.41) is 3.63. The first-order chi connectivity index (χ1) is 6.66. The smallest absolute Gasteiger partial charge is 0.0256 e. The summed E-state index contributed by atoms with van der Waals surface area (Å²) in [5.74, 6) is 2.21. The third-order valence-corrected chi connectivity index (χ3v) is 4.61. The lowest BCUT2D eigenvalue weighted by Crippen LogP contribution is -2.35. The van der Waals surface area contributed by atoms with Crippen molar-refractivity contribution in [3.63, 3.8) is 0 Å². The minimum absolute atomic E-state index is 0.534. The van der Waals surface area contributed by atoms with Crippen LogP contribution in [0.5, 0.6) is 0 Å². The second-order valence-corrected chi connectivity index (χ2v) is 6.61. The Bertz CT molecular complexity index is 152. The van der Waals surface area contributed by atoms with Crippen LogP contribution in [0.4, 0.5) is 0 Å². The third-order valence-electron chi connectivity index (χ3n) is 3.07. The fourth-order valence-corrected chi connectivity index (χ4v) is 3.43. The summed E-state index contributed by atoms with van der Waals surface area (Å²) in [6.45, 7) is 9.42. The van der Waals surface area contributed by atoms with Crippen LogP contribution in [0.1, 0.15) is 46.5 Å². The number of hydrogen-bond donors (Lipinski definition) is 1. The molecule has 1 rings (SSSR count). The highest BCUT2D eigenvalue weighted by atomic mass is 32.2. The Morgan fingerprint density at radius 1 is 1.50 bits per heavy atom. The molecule has 0 aromatic heterocycles. The van der Waals surface area contributed by atoms with Crippen LogP contribution < -0.4 is 5.32 Å². The zero-order valence-electron chi connectivity index (χ0n) is 9.94. The predicted molar refractivity (Wildman–Crippen MR) is 67.0 cm³/mol. The minimum Gasteiger partial charge on any atom is -0.315 e. The average Bonchev–Trinajstić information content (AvgIpc) is 2.53. The summed E-state index contributed by atoms with van der Waals surface area (Å²) in [6.07, 6.45) is 5.48. The lowest BCUT2D eigenvalue weighted by molar-refractivity contribution is 0.449. The van der Waals surface area contributed by atoms with Crippen molar-refractivity contribution in [3.05, 3.63) is 0 Å². The summed E-state index contributed by atoms with van der Waals surface area (Å²) in [7, 11) is 0. The largest absolute Gasteiger partial charge is 0.315 e. The molecule has 2 heteroatoms. The summed E-state index contributed by atoms with van der Waals surface area (Å²) < 4.78 is 0.534. The first-order valence-corrected chi connectivity index (χ1v) is 6.99. The summed E-state index contributed by atoms with van der Waals surface area (Å²) in [5.41, 5.74) is 0. The Labute approximate surface area is 93.4 Å². The van der Waals surface area contributed by atoms with Crippen LogP contribution in [0.15, 0.2) is 0 Å². The quantitative estimate of drug-likeness (QED) is 0.729. The van der Waals surface area contributed by atoms with E-state index in [2.05, 4.69) is 37.8 Å². The molecule has 2 unspecified atom stereocenters. The van der Waals surface area contributed by atoms with Gasteiger partial charge in [-0.3, -0.25) is 0 Å². The van der Waals surface area contributed by atoms with Crippen LogP contribution in [0.25, 0.3) is 0 Å². The molecule has 0 aromatic rings. The molecule has 1 aliphatic rings. The van der Waals surface area contributed by atoms with Gasteiger partial charge in [0.05, 0.1) is 0 Å². The molecule has 0 aromatic carbocycles. The molecule has 2 atom stereocenters. The molecule has 0 spiro atoms. The predicted octanol–water partition coefficient (Wildman–Crippen LogP) is 3.30. The molecule has 0 saturated carbocycles. The summed E-state index contributed by atoms with van der Waals surface area (Å²) in [4.78, 5) is 0. The van der Waals surface area contributed by atoms with Gasteiger partial charge in [0.2, 0.25) is 0 Å². The van der Waals surface area contributed by atoms with Crippen molar-refractivity contribution in [2.75, 3.05) is 18.8 Å². The Morgan fingerprint density at radius 3 is 2.86 bits per heavy atom. The molecular weight excluding hydrogens is 190 g/mol. The lowest BCUT2D eigenvalue weighted by Gasteiger charge is -2.24. The van der Waals surface area contributed by atoms with Gasteiger partial charge in [0, 0.05) is 11.3 Å². The van der Waals surface area contributed by atoms with Gasteiger partial charge in [-0.25, -0.2) is 0 Å². The van der Waals surface area contributed by atoms with Gasteiger partial charge in [0.1, 0.15) is 0 Å². The molecule has 0 aliphatic carbocycles. The van der Waals surface area contributed by atoms with E-state index in [-0.39, 0.29) is 0 Å². The number of nitrogens with one attached hydrogen (secondary N) is 1. The zero-order valence-corrected chi connectivity index (χ0v) is 10.8. The maximum atomic E-state index is 3.63. The number of thioether (sulfide) groups is 1. The van der Waals surface area contributed by atoms with Crippen molar-refractivity contribution < 1.29 is 0 Å². The van der Waals surface area contributed by atoms with E-state index in [0.29, 0.717) is 4.75 Å². The highest BCUT2D eigenvalue weighted by Crippen LogP contribution is 2.36. The van der Waals surface area contributed by atoms with Gasteiger partial charge in [0.15, 0.2) is 0 Å². The van der Waals surface area contributed by atoms with Crippen LogP contribution >= 0.6 is 11.8 Å². The molecule has 1 N–H and O–H groups in total. The first kappa shape index (κ1) is 12.4. The minimum atomic E-state index is 0.534. The maximum Gasteiger partial charge on any atom is 0.0256 e. The van der Waals surface area contributed by atoms with Gasteiger partial charge in [-0.15, -0.1) is 0 Å². The van der Waals surface area contributed by atoms with Gasteiger partial charge in [0.25, 0.3) is 0 Å². The highest BCUT2D eigenvalue weighted by Gasteiger charge is 2.28. The molecular formula is C12H25NS. The normalized spacial score (nSPS) is 29.4. The molecule has 84 valence electrons. The van der Waals surface area contributed by atoms with Crippen LogP contribution in [0.3, 0.4) is 0 Å². The molecule has 1 saturated heterocycles. The van der Waals surface area contributed by atoms with E-state index >= 15 is 0 Å².